The summed E-state index contributed by atoms with van der Waals surface area (Å²) in [4.78, 5) is 0. The predicted octanol–water partition coefficient (Wildman–Crippen LogP) is 2.30. The van der Waals surface area contributed by atoms with Crippen LogP contribution in [0.5, 0.6) is 0 Å². The van der Waals surface area contributed by atoms with Crippen LogP contribution in [-0.4, -0.2) is 23.4 Å². The van der Waals surface area contributed by atoms with Crippen LogP contribution in [0.1, 0.15) is 43.7 Å². The fraction of sp³-hybridized carbons (Fsp3) is 0.769. The highest BCUT2D eigenvalue weighted by Gasteiger charge is 2.26. The second-order valence-electron chi connectivity index (χ2n) is 4.98. The van der Waals surface area contributed by atoms with Gasteiger partial charge in [0.15, 0.2) is 0 Å². The van der Waals surface area contributed by atoms with Gasteiger partial charge in [-0.3, -0.25) is 4.68 Å². The van der Waals surface area contributed by atoms with Gasteiger partial charge in [0, 0.05) is 19.2 Å². The summed E-state index contributed by atoms with van der Waals surface area (Å²) in [5, 5.41) is 7.93. The molecule has 0 aliphatic heterocycles. The molecular formula is C13H23N3. The SMILES string of the molecule is CNCC1CCCCCC1c1ccn(C)n1. The Kier molecular flexibility index (Phi) is 3.99. The van der Waals surface area contributed by atoms with Gasteiger partial charge < -0.3 is 5.32 Å². The van der Waals surface area contributed by atoms with Crippen molar-refractivity contribution in [1.29, 1.82) is 0 Å². The average molecular weight is 221 g/mol. The van der Waals surface area contributed by atoms with Crippen molar-refractivity contribution in [2.24, 2.45) is 13.0 Å². The van der Waals surface area contributed by atoms with Crippen molar-refractivity contribution < 1.29 is 0 Å². The Bertz CT molecular complexity index is 319. The Morgan fingerprint density at radius 3 is 2.88 bits per heavy atom. The van der Waals surface area contributed by atoms with E-state index in [-0.39, 0.29) is 0 Å². The van der Waals surface area contributed by atoms with Gasteiger partial charge in [0.25, 0.3) is 0 Å². The maximum absolute atomic E-state index is 4.60. The van der Waals surface area contributed by atoms with Crippen molar-refractivity contribution in [3.05, 3.63) is 18.0 Å². The second-order valence-corrected chi connectivity index (χ2v) is 4.98. The zero-order chi connectivity index (χ0) is 11.4. The molecule has 2 atom stereocenters. The van der Waals surface area contributed by atoms with Crippen LogP contribution in [0, 0.1) is 5.92 Å². The minimum atomic E-state index is 0.663. The van der Waals surface area contributed by atoms with Crippen molar-refractivity contribution in [2.75, 3.05) is 13.6 Å². The molecule has 16 heavy (non-hydrogen) atoms. The van der Waals surface area contributed by atoms with E-state index in [0.717, 1.165) is 12.5 Å². The van der Waals surface area contributed by atoms with Crippen molar-refractivity contribution in [1.82, 2.24) is 15.1 Å². The number of hydrogen-bond donors (Lipinski definition) is 1. The third-order valence-electron chi connectivity index (χ3n) is 3.74. The molecule has 0 amide bonds. The van der Waals surface area contributed by atoms with E-state index in [1.165, 1.54) is 37.8 Å². The third-order valence-corrected chi connectivity index (χ3v) is 3.74. The van der Waals surface area contributed by atoms with E-state index in [1.54, 1.807) is 0 Å². The highest BCUT2D eigenvalue weighted by atomic mass is 15.2. The molecule has 1 aliphatic carbocycles. The summed E-state index contributed by atoms with van der Waals surface area (Å²) in [5.41, 5.74) is 1.30. The summed E-state index contributed by atoms with van der Waals surface area (Å²) >= 11 is 0. The molecule has 90 valence electrons. The summed E-state index contributed by atoms with van der Waals surface area (Å²) < 4.78 is 1.93. The van der Waals surface area contributed by atoms with E-state index >= 15 is 0 Å². The summed E-state index contributed by atoms with van der Waals surface area (Å²) in [6, 6.07) is 2.19. The summed E-state index contributed by atoms with van der Waals surface area (Å²) in [5.74, 6) is 1.43. The predicted molar refractivity (Wildman–Crippen MR) is 66.5 cm³/mol. The zero-order valence-corrected chi connectivity index (χ0v) is 10.4. The Balaban J connectivity index is 2.13. The van der Waals surface area contributed by atoms with Gasteiger partial charge in [-0.25, -0.2) is 0 Å². The number of nitrogens with one attached hydrogen (secondary N) is 1. The second kappa shape index (κ2) is 5.48. The van der Waals surface area contributed by atoms with Crippen molar-refractivity contribution in [3.63, 3.8) is 0 Å². The highest BCUT2D eigenvalue weighted by Crippen LogP contribution is 2.35. The molecule has 3 heteroatoms. The molecular weight excluding hydrogens is 198 g/mol. The first kappa shape index (κ1) is 11.6. The van der Waals surface area contributed by atoms with Gasteiger partial charge in [-0.1, -0.05) is 19.3 Å². The third kappa shape index (κ3) is 2.64. The normalized spacial score (nSPS) is 26.6. The lowest BCUT2D eigenvalue weighted by molar-refractivity contribution is 0.378. The van der Waals surface area contributed by atoms with Crippen LogP contribution >= 0.6 is 0 Å². The molecule has 2 unspecified atom stereocenters. The number of aromatic nitrogens is 2. The molecule has 1 aliphatic rings. The Hall–Kier alpha value is -0.830. The van der Waals surface area contributed by atoms with Crippen LogP contribution in [0.25, 0.3) is 0 Å². The monoisotopic (exact) mass is 221 g/mol. The number of hydrogen-bond acceptors (Lipinski definition) is 2. The fourth-order valence-electron chi connectivity index (χ4n) is 2.91. The molecule has 0 bridgehead atoms. The van der Waals surface area contributed by atoms with Gasteiger partial charge >= 0.3 is 0 Å². The molecule has 1 heterocycles. The van der Waals surface area contributed by atoms with Gasteiger partial charge in [-0.2, -0.15) is 5.10 Å². The zero-order valence-electron chi connectivity index (χ0n) is 10.4. The smallest absolute Gasteiger partial charge is 0.0658 e. The lowest BCUT2D eigenvalue weighted by Crippen LogP contribution is -2.24. The van der Waals surface area contributed by atoms with Crippen LogP contribution in [-0.2, 0) is 7.05 Å². The molecule has 1 fully saturated rings. The van der Waals surface area contributed by atoms with Crippen LogP contribution in [0.15, 0.2) is 12.3 Å². The maximum Gasteiger partial charge on any atom is 0.0658 e. The van der Waals surface area contributed by atoms with E-state index in [1.807, 2.05) is 11.7 Å². The topological polar surface area (TPSA) is 29.9 Å². The van der Waals surface area contributed by atoms with Gasteiger partial charge in [0.1, 0.15) is 0 Å². The lowest BCUT2D eigenvalue weighted by Gasteiger charge is -2.23. The van der Waals surface area contributed by atoms with Gasteiger partial charge in [-0.05, 0) is 38.4 Å². The Morgan fingerprint density at radius 1 is 1.38 bits per heavy atom. The number of nitrogens with zero attached hydrogens (tertiary/aromatic N) is 2. The Morgan fingerprint density at radius 2 is 2.19 bits per heavy atom. The van der Waals surface area contributed by atoms with Gasteiger partial charge in [0.2, 0.25) is 0 Å². The fourth-order valence-corrected chi connectivity index (χ4v) is 2.91. The first-order valence-corrected chi connectivity index (χ1v) is 6.45. The minimum absolute atomic E-state index is 0.663. The summed E-state index contributed by atoms with van der Waals surface area (Å²) in [7, 11) is 4.06. The average Bonchev–Trinajstić information content (AvgIpc) is 2.56. The van der Waals surface area contributed by atoms with E-state index in [4.69, 9.17) is 0 Å². The maximum atomic E-state index is 4.60. The van der Waals surface area contributed by atoms with E-state index in [9.17, 15) is 0 Å². The van der Waals surface area contributed by atoms with E-state index in [0.29, 0.717) is 5.92 Å². The number of rotatable bonds is 3. The summed E-state index contributed by atoms with van der Waals surface area (Å²) in [6.07, 6.45) is 8.86. The molecule has 0 saturated heterocycles. The van der Waals surface area contributed by atoms with Crippen molar-refractivity contribution >= 4 is 0 Å². The quantitative estimate of drug-likeness (QED) is 0.794. The molecule has 1 N–H and O–H groups in total. The molecule has 3 nitrogen and oxygen atoms in total. The molecule has 0 spiro atoms. The number of aryl methyl sites for hydroxylation is 1. The first-order valence-electron chi connectivity index (χ1n) is 6.45. The van der Waals surface area contributed by atoms with Crippen molar-refractivity contribution in [2.45, 2.75) is 38.0 Å². The molecule has 1 aromatic rings. The largest absolute Gasteiger partial charge is 0.319 e. The standard InChI is InChI=1S/C13H23N3/c1-14-10-11-6-4-3-5-7-12(11)13-8-9-16(2)15-13/h8-9,11-12,14H,3-7,10H2,1-2H3. The van der Waals surface area contributed by atoms with Crippen LogP contribution in [0.3, 0.4) is 0 Å². The molecule has 2 rings (SSSR count). The summed E-state index contributed by atoms with van der Waals surface area (Å²) in [6.45, 7) is 1.13. The molecule has 1 aromatic heterocycles. The Labute approximate surface area is 98.2 Å². The minimum Gasteiger partial charge on any atom is -0.319 e. The van der Waals surface area contributed by atoms with Crippen LogP contribution in [0.2, 0.25) is 0 Å². The van der Waals surface area contributed by atoms with Crippen LogP contribution in [0.4, 0.5) is 0 Å². The van der Waals surface area contributed by atoms with Gasteiger partial charge in [-0.15, -0.1) is 0 Å². The van der Waals surface area contributed by atoms with Crippen molar-refractivity contribution in [3.8, 4) is 0 Å². The van der Waals surface area contributed by atoms with E-state index < -0.39 is 0 Å². The molecule has 0 aromatic carbocycles. The van der Waals surface area contributed by atoms with E-state index in [2.05, 4.69) is 29.7 Å². The lowest BCUT2D eigenvalue weighted by atomic mass is 9.85. The van der Waals surface area contributed by atoms with Crippen LogP contribution < -0.4 is 5.32 Å². The van der Waals surface area contributed by atoms with Gasteiger partial charge in [0.05, 0.1) is 5.69 Å². The molecule has 1 saturated carbocycles. The molecule has 0 radical (unpaired) electrons. The first-order chi connectivity index (χ1) is 7.81. The highest BCUT2D eigenvalue weighted by molar-refractivity contribution is 5.09.